The van der Waals surface area contributed by atoms with Gasteiger partial charge in [-0.2, -0.15) is 0 Å². The minimum atomic E-state index is -0.227. The molecule has 20 heavy (non-hydrogen) atoms. The molecular weight excluding hydrogens is 278 g/mol. The number of aryl methyl sites for hydroxylation is 2. The van der Waals surface area contributed by atoms with Gasteiger partial charge in [-0.3, -0.25) is 14.2 Å². The number of hydrogen-bond acceptors (Lipinski definition) is 5. The van der Waals surface area contributed by atoms with Gasteiger partial charge in [-0.1, -0.05) is 0 Å². The molecule has 0 unspecified atom stereocenters. The van der Waals surface area contributed by atoms with Crippen LogP contribution in [-0.4, -0.2) is 35.7 Å². The van der Waals surface area contributed by atoms with Gasteiger partial charge < -0.3 is 10.1 Å². The number of carbonyl (C=O) groups is 1. The summed E-state index contributed by atoms with van der Waals surface area (Å²) < 4.78 is 6.19. The van der Waals surface area contributed by atoms with Crippen molar-refractivity contribution in [1.82, 2.24) is 14.9 Å². The Hall–Kier alpha value is -1.73. The van der Waals surface area contributed by atoms with Crippen molar-refractivity contribution in [1.29, 1.82) is 0 Å². The van der Waals surface area contributed by atoms with Crippen molar-refractivity contribution in [2.75, 3.05) is 20.3 Å². The van der Waals surface area contributed by atoms with Gasteiger partial charge in [0.2, 0.25) is 5.91 Å². The number of nitrogens with zero attached hydrogens (tertiary/aromatic N) is 2. The van der Waals surface area contributed by atoms with Crippen molar-refractivity contribution in [2.24, 2.45) is 0 Å². The molecule has 2 rings (SSSR count). The zero-order valence-electron chi connectivity index (χ0n) is 11.7. The van der Waals surface area contributed by atoms with Gasteiger partial charge in [0, 0.05) is 18.5 Å². The van der Waals surface area contributed by atoms with Gasteiger partial charge in [-0.25, -0.2) is 4.98 Å². The highest BCUT2D eigenvalue weighted by Gasteiger charge is 2.13. The van der Waals surface area contributed by atoms with Gasteiger partial charge in [0.15, 0.2) is 0 Å². The topological polar surface area (TPSA) is 73.2 Å². The lowest BCUT2D eigenvalue weighted by Crippen LogP contribution is -2.34. The summed E-state index contributed by atoms with van der Waals surface area (Å²) in [5, 5.41) is 3.29. The molecule has 7 heteroatoms. The minimum Gasteiger partial charge on any atom is -0.383 e. The van der Waals surface area contributed by atoms with Gasteiger partial charge in [0.1, 0.15) is 11.4 Å². The van der Waals surface area contributed by atoms with E-state index in [9.17, 15) is 9.59 Å². The van der Waals surface area contributed by atoms with Gasteiger partial charge >= 0.3 is 0 Å². The predicted molar refractivity (Wildman–Crippen MR) is 78.2 cm³/mol. The largest absolute Gasteiger partial charge is 0.383 e. The van der Waals surface area contributed by atoms with Crippen molar-refractivity contribution in [3.63, 3.8) is 0 Å². The Morgan fingerprint density at radius 3 is 2.95 bits per heavy atom. The van der Waals surface area contributed by atoms with Crippen LogP contribution in [0, 0.1) is 13.8 Å². The van der Waals surface area contributed by atoms with Gasteiger partial charge in [0.25, 0.3) is 5.56 Å². The van der Waals surface area contributed by atoms with Crippen LogP contribution in [0.5, 0.6) is 0 Å². The maximum Gasteiger partial charge on any atom is 0.262 e. The molecule has 0 radical (unpaired) electrons. The van der Waals surface area contributed by atoms with E-state index in [0.29, 0.717) is 18.5 Å². The second-order valence-corrected chi connectivity index (χ2v) is 5.69. The first-order valence-corrected chi connectivity index (χ1v) is 7.07. The first-order valence-electron chi connectivity index (χ1n) is 6.25. The molecular formula is C13H17N3O3S. The summed E-state index contributed by atoms with van der Waals surface area (Å²) in [6.45, 7) is 4.71. The van der Waals surface area contributed by atoms with E-state index in [1.807, 2.05) is 13.8 Å². The molecule has 0 aromatic carbocycles. The highest BCUT2D eigenvalue weighted by molar-refractivity contribution is 7.18. The summed E-state index contributed by atoms with van der Waals surface area (Å²) in [5.74, 6) is -0.227. The second-order valence-electron chi connectivity index (χ2n) is 4.48. The van der Waals surface area contributed by atoms with Crippen molar-refractivity contribution in [3.8, 4) is 0 Å². The first-order chi connectivity index (χ1) is 9.54. The molecule has 0 spiro atoms. The number of thiophene rings is 1. The Morgan fingerprint density at radius 1 is 1.50 bits per heavy atom. The second kappa shape index (κ2) is 6.15. The van der Waals surface area contributed by atoms with E-state index in [-0.39, 0.29) is 18.0 Å². The van der Waals surface area contributed by atoms with E-state index in [2.05, 4.69) is 10.3 Å². The van der Waals surface area contributed by atoms with Gasteiger partial charge in [0.05, 0.1) is 18.3 Å². The van der Waals surface area contributed by atoms with Gasteiger partial charge in [-0.15, -0.1) is 11.3 Å². The molecule has 0 aliphatic carbocycles. The Kier molecular flexibility index (Phi) is 4.51. The van der Waals surface area contributed by atoms with Crippen LogP contribution in [0.4, 0.5) is 0 Å². The number of fused-ring (bicyclic) bond motifs is 1. The molecule has 0 aliphatic rings. The SMILES string of the molecule is COCCNC(=O)Cn1cnc2sc(C)c(C)c2c1=O. The highest BCUT2D eigenvalue weighted by Crippen LogP contribution is 2.25. The average molecular weight is 295 g/mol. The maximum atomic E-state index is 12.4. The number of carbonyl (C=O) groups excluding carboxylic acids is 1. The highest BCUT2D eigenvalue weighted by atomic mass is 32.1. The number of ether oxygens (including phenoxy) is 1. The van der Waals surface area contributed by atoms with Crippen molar-refractivity contribution in [3.05, 3.63) is 27.1 Å². The van der Waals surface area contributed by atoms with Crippen LogP contribution in [0.1, 0.15) is 10.4 Å². The number of amides is 1. The fourth-order valence-corrected chi connectivity index (χ4v) is 2.87. The minimum absolute atomic E-state index is 0.0280. The van der Waals surface area contributed by atoms with E-state index in [0.717, 1.165) is 15.3 Å². The van der Waals surface area contributed by atoms with Crippen molar-refractivity contribution in [2.45, 2.75) is 20.4 Å². The summed E-state index contributed by atoms with van der Waals surface area (Å²) in [4.78, 5) is 30.1. The fourth-order valence-electron chi connectivity index (χ4n) is 1.89. The summed E-state index contributed by atoms with van der Waals surface area (Å²) in [7, 11) is 1.57. The zero-order valence-corrected chi connectivity index (χ0v) is 12.5. The molecule has 0 saturated carbocycles. The molecule has 2 aromatic rings. The molecule has 2 heterocycles. The Balaban J connectivity index is 2.23. The summed E-state index contributed by atoms with van der Waals surface area (Å²) in [6.07, 6.45) is 1.43. The summed E-state index contributed by atoms with van der Waals surface area (Å²) in [5.41, 5.74) is 0.774. The van der Waals surface area contributed by atoms with E-state index in [1.54, 1.807) is 7.11 Å². The zero-order chi connectivity index (χ0) is 14.7. The van der Waals surface area contributed by atoms with Crippen LogP contribution in [0.25, 0.3) is 10.2 Å². The van der Waals surface area contributed by atoms with E-state index < -0.39 is 0 Å². The lowest BCUT2D eigenvalue weighted by atomic mass is 10.2. The number of nitrogens with one attached hydrogen (secondary N) is 1. The maximum absolute atomic E-state index is 12.4. The number of rotatable bonds is 5. The molecule has 2 aromatic heterocycles. The quantitative estimate of drug-likeness (QED) is 0.830. The Bertz CT molecular complexity index is 690. The Labute approximate surface area is 120 Å². The molecule has 0 bridgehead atoms. The predicted octanol–water partition coefficient (Wildman–Crippen LogP) is 0.837. The van der Waals surface area contributed by atoms with Crippen LogP contribution in [0.2, 0.25) is 0 Å². The van der Waals surface area contributed by atoms with E-state index >= 15 is 0 Å². The van der Waals surface area contributed by atoms with Crippen molar-refractivity contribution < 1.29 is 9.53 Å². The molecule has 0 saturated heterocycles. The lowest BCUT2D eigenvalue weighted by Gasteiger charge is -2.06. The third-order valence-corrected chi connectivity index (χ3v) is 4.21. The van der Waals surface area contributed by atoms with Crippen LogP contribution in [0.15, 0.2) is 11.1 Å². The third-order valence-electron chi connectivity index (χ3n) is 3.10. The number of hydrogen-bond donors (Lipinski definition) is 1. The molecule has 1 N–H and O–H groups in total. The van der Waals surface area contributed by atoms with Gasteiger partial charge in [-0.05, 0) is 19.4 Å². The fraction of sp³-hybridized carbons (Fsp3) is 0.462. The van der Waals surface area contributed by atoms with E-state index in [1.165, 1.54) is 22.2 Å². The van der Waals surface area contributed by atoms with Crippen molar-refractivity contribution >= 4 is 27.5 Å². The molecule has 0 aliphatic heterocycles. The van der Waals surface area contributed by atoms with E-state index in [4.69, 9.17) is 4.74 Å². The number of methoxy groups -OCH3 is 1. The average Bonchev–Trinajstić information content (AvgIpc) is 2.70. The smallest absolute Gasteiger partial charge is 0.262 e. The van der Waals surface area contributed by atoms with Crippen LogP contribution in [-0.2, 0) is 16.1 Å². The van der Waals surface area contributed by atoms with Crippen LogP contribution < -0.4 is 10.9 Å². The summed E-state index contributed by atoms with van der Waals surface area (Å²) >= 11 is 1.50. The normalized spacial score (nSPS) is 10.9. The first kappa shape index (κ1) is 14.7. The molecule has 108 valence electrons. The number of aromatic nitrogens is 2. The molecule has 0 fully saturated rings. The third kappa shape index (κ3) is 2.88. The lowest BCUT2D eigenvalue weighted by molar-refractivity contribution is -0.121. The molecule has 1 amide bonds. The molecule has 0 atom stereocenters. The molecule has 6 nitrogen and oxygen atoms in total. The van der Waals surface area contributed by atoms with Crippen LogP contribution in [0.3, 0.4) is 0 Å². The Morgan fingerprint density at radius 2 is 2.25 bits per heavy atom. The monoisotopic (exact) mass is 295 g/mol. The van der Waals surface area contributed by atoms with Crippen LogP contribution >= 0.6 is 11.3 Å². The summed E-state index contributed by atoms with van der Waals surface area (Å²) in [6, 6.07) is 0. The standard InChI is InChI=1S/C13H17N3O3S/c1-8-9(2)20-12-11(8)13(18)16(7-15-12)6-10(17)14-4-5-19-3/h7H,4-6H2,1-3H3,(H,14,17).